The number of nitrogens with zero attached hydrogens (tertiary/aromatic N) is 1. The molecule has 9 heteroatoms. The van der Waals surface area contributed by atoms with Gasteiger partial charge >= 0.3 is 196 Å². The topological polar surface area (TPSA) is 112 Å². The first kappa shape index (κ1) is 39.7. The fraction of sp³-hybridized carbons (Fsp3) is 0.455. The van der Waals surface area contributed by atoms with E-state index in [2.05, 4.69) is 128 Å². The monoisotopic (exact) mass is 483 g/mol. The molecular formula is C22H29CrNO6Si. The SMILES string of the molecule is Cc1cc(O[Si](C)(C)C(C)(C)C)cc(C)c1[C](=[Cr])N(C)C.[C-]#[O+].[C-]#[O+].[C-]#[O+].[C-]#[O+].[C-]#[O+]. The van der Waals surface area contributed by atoms with Gasteiger partial charge in [-0.1, -0.05) is 0 Å². The molecule has 0 fully saturated rings. The van der Waals surface area contributed by atoms with Crippen molar-refractivity contribution in [3.05, 3.63) is 62.1 Å². The summed E-state index contributed by atoms with van der Waals surface area (Å²) in [4.78, 5) is 2.11. The molecule has 31 heavy (non-hydrogen) atoms. The van der Waals surface area contributed by atoms with Gasteiger partial charge in [-0.15, -0.1) is 0 Å². The van der Waals surface area contributed by atoms with E-state index in [1.54, 1.807) is 0 Å². The van der Waals surface area contributed by atoms with Gasteiger partial charge in [0.1, 0.15) is 0 Å². The van der Waals surface area contributed by atoms with Gasteiger partial charge in [0.25, 0.3) is 0 Å². The standard InChI is InChI=1S/C17H29NOSi.5CO.Cr/c1-13-10-15(19-20(8,9)17(3,4)5)11-14(2)16(13)12-18(6)7;5*1-2;/h10-11H,1-9H3;;;;;;. The van der Waals surface area contributed by atoms with Crippen LogP contribution in [0.3, 0.4) is 0 Å². The van der Waals surface area contributed by atoms with E-state index in [4.69, 9.17) is 27.7 Å². The van der Waals surface area contributed by atoms with Crippen molar-refractivity contribution in [3.63, 3.8) is 0 Å². The van der Waals surface area contributed by atoms with E-state index in [9.17, 15) is 0 Å². The third-order valence-electron chi connectivity index (χ3n) is 4.31. The summed E-state index contributed by atoms with van der Waals surface area (Å²) in [6, 6.07) is 4.34. The first-order valence-corrected chi connectivity index (χ1v) is 12.0. The predicted molar refractivity (Wildman–Crippen MR) is 111 cm³/mol. The zero-order chi connectivity index (χ0) is 26.6. The van der Waals surface area contributed by atoms with E-state index in [1.807, 2.05) is 0 Å². The van der Waals surface area contributed by atoms with Gasteiger partial charge in [0.15, 0.2) is 0 Å². The fourth-order valence-corrected chi connectivity index (χ4v) is 3.51. The molecule has 168 valence electrons. The van der Waals surface area contributed by atoms with Crippen molar-refractivity contribution in [2.45, 2.75) is 52.8 Å². The Hall–Kier alpha value is -1.70. The summed E-state index contributed by atoms with van der Waals surface area (Å²) in [6.45, 7) is 38.2. The first-order chi connectivity index (χ1) is 14.4. The predicted octanol–water partition coefficient (Wildman–Crippen LogP) is 4.09. The quantitative estimate of drug-likeness (QED) is 0.365. The summed E-state index contributed by atoms with van der Waals surface area (Å²) in [7, 11) is 2.34. The molecule has 0 heterocycles. The minimum absolute atomic E-state index is 0.215. The van der Waals surface area contributed by atoms with Crippen molar-refractivity contribution in [1.29, 1.82) is 0 Å². The molecule has 1 aromatic carbocycles. The van der Waals surface area contributed by atoms with Crippen LogP contribution in [0.15, 0.2) is 12.1 Å². The van der Waals surface area contributed by atoms with Crippen LogP contribution in [0.25, 0.3) is 0 Å². The molecule has 0 aromatic heterocycles. The third-order valence-corrected chi connectivity index (χ3v) is 9.55. The molecular weight excluding hydrogens is 454 g/mol. The van der Waals surface area contributed by atoms with Gasteiger partial charge in [0, 0.05) is 0 Å². The second-order valence-corrected chi connectivity index (χ2v) is 12.8. The number of benzene rings is 1. The van der Waals surface area contributed by atoms with Gasteiger partial charge in [0.05, 0.1) is 0 Å². The van der Waals surface area contributed by atoms with Crippen molar-refractivity contribution in [3.8, 4) is 5.75 Å². The van der Waals surface area contributed by atoms with E-state index in [0.717, 1.165) is 5.75 Å². The molecule has 0 aliphatic carbocycles. The first-order valence-electron chi connectivity index (χ1n) is 8.41. The fourth-order valence-electron chi connectivity index (χ4n) is 1.99. The second-order valence-electron chi connectivity index (χ2n) is 7.49. The van der Waals surface area contributed by atoms with Crippen LogP contribution in [-0.4, -0.2) is 31.8 Å². The van der Waals surface area contributed by atoms with Crippen LogP contribution in [0.2, 0.25) is 18.1 Å². The van der Waals surface area contributed by atoms with Gasteiger partial charge < -0.3 is 0 Å². The van der Waals surface area contributed by atoms with Crippen LogP contribution in [0.5, 0.6) is 5.75 Å². The molecule has 0 spiro atoms. The van der Waals surface area contributed by atoms with Gasteiger partial charge in [0.2, 0.25) is 0 Å². The van der Waals surface area contributed by atoms with E-state index in [-0.39, 0.29) is 5.04 Å². The van der Waals surface area contributed by atoms with E-state index in [1.165, 1.54) is 21.2 Å². The number of hydrogen-bond donors (Lipinski definition) is 0. The molecule has 0 N–H and O–H groups in total. The molecule has 0 radical (unpaired) electrons. The molecule has 0 atom stereocenters. The maximum absolute atomic E-state index is 7.50. The van der Waals surface area contributed by atoms with Crippen LogP contribution in [0, 0.1) is 47.1 Å². The summed E-state index contributed by atoms with van der Waals surface area (Å²) < 4.78 is 45.1. The Morgan fingerprint density at radius 2 is 1.13 bits per heavy atom. The average molecular weight is 484 g/mol. The molecule has 0 aliphatic heterocycles. The number of aryl methyl sites for hydroxylation is 2. The molecule has 0 aliphatic rings. The van der Waals surface area contributed by atoms with Gasteiger partial charge in [-0.3, -0.25) is 0 Å². The molecule has 0 unspecified atom stereocenters. The third kappa shape index (κ3) is 14.9. The van der Waals surface area contributed by atoms with Crippen molar-refractivity contribution >= 4 is 12.8 Å². The molecule has 0 saturated heterocycles. The summed E-state index contributed by atoms with van der Waals surface area (Å²) >= 11 is 3.18. The van der Waals surface area contributed by atoms with Crippen LogP contribution in [0.1, 0.15) is 37.5 Å². The molecule has 1 aromatic rings. The summed E-state index contributed by atoms with van der Waals surface area (Å²) in [6.07, 6.45) is 0. The van der Waals surface area contributed by atoms with Crippen LogP contribution in [0.4, 0.5) is 0 Å². The zero-order valence-electron chi connectivity index (χ0n) is 19.5. The Kier molecular flexibility index (Phi) is 27.6. The second kappa shape index (κ2) is 21.5. The number of hydrogen-bond acceptors (Lipinski definition) is 2. The van der Waals surface area contributed by atoms with Gasteiger partial charge in [-0.25, -0.2) is 0 Å². The van der Waals surface area contributed by atoms with Crippen molar-refractivity contribution in [2.75, 3.05) is 14.1 Å². The van der Waals surface area contributed by atoms with Crippen LogP contribution < -0.4 is 4.43 Å². The van der Waals surface area contributed by atoms with Crippen molar-refractivity contribution < 1.29 is 43.5 Å². The van der Waals surface area contributed by atoms with Gasteiger partial charge in [-0.2, -0.15) is 0 Å². The summed E-state index contributed by atoms with van der Waals surface area (Å²) in [5.74, 6) is 1.01. The van der Waals surface area contributed by atoms with Gasteiger partial charge in [-0.05, 0) is 0 Å². The van der Waals surface area contributed by atoms with Crippen LogP contribution >= 0.6 is 0 Å². The molecule has 7 nitrogen and oxygen atoms in total. The Morgan fingerprint density at radius 3 is 1.35 bits per heavy atom. The Labute approximate surface area is 195 Å². The number of rotatable bonds is 4. The molecule has 1 rings (SSSR count). The summed E-state index contributed by atoms with van der Waals surface area (Å²) in [5.41, 5.74) is 3.79. The van der Waals surface area contributed by atoms with E-state index >= 15 is 0 Å². The maximum atomic E-state index is 7.50. The van der Waals surface area contributed by atoms with Crippen LogP contribution in [-0.2, 0) is 39.1 Å². The molecule has 0 saturated carbocycles. The van der Waals surface area contributed by atoms with Crippen molar-refractivity contribution in [1.82, 2.24) is 4.90 Å². The molecule has 0 bridgehead atoms. The van der Waals surface area contributed by atoms with E-state index < -0.39 is 8.32 Å². The normalized spacial score (nSPS) is 8.90. The Balaban J connectivity index is -0.000000197. The minimum atomic E-state index is -1.78. The Bertz CT molecular complexity index is 698. The zero-order valence-corrected chi connectivity index (χ0v) is 21.7. The Morgan fingerprint density at radius 1 is 0.839 bits per heavy atom. The van der Waals surface area contributed by atoms with E-state index in [0.29, 0.717) is 0 Å². The average Bonchev–Trinajstić information content (AvgIpc) is 2.73. The van der Waals surface area contributed by atoms with Crippen molar-refractivity contribution in [2.24, 2.45) is 0 Å². The molecule has 0 amide bonds. The summed E-state index contributed by atoms with van der Waals surface area (Å²) in [5, 5.41) is 0.215.